The zero-order valence-corrected chi connectivity index (χ0v) is 28.8. The van der Waals surface area contributed by atoms with Crippen LogP contribution in [0.25, 0.3) is 0 Å². The Morgan fingerprint density at radius 1 is 0.614 bits per heavy atom. The van der Waals surface area contributed by atoms with Gasteiger partial charge in [-0.1, -0.05) is 85.0 Å². The maximum atomic E-state index is 12.6. The third kappa shape index (κ3) is 20.0. The predicted molar refractivity (Wildman–Crippen MR) is 180 cm³/mol. The first-order chi connectivity index (χ1) is 21.4. The molecule has 1 rings (SSSR count). The number of nitrogens with one attached hydrogen (secondary N) is 3. The number of likely N-dealkylation sites (tertiary alicyclic amines) is 1. The van der Waals surface area contributed by atoms with Gasteiger partial charge in [-0.3, -0.25) is 24.1 Å². The van der Waals surface area contributed by atoms with E-state index in [9.17, 15) is 19.2 Å². The summed E-state index contributed by atoms with van der Waals surface area (Å²) in [6, 6.07) is 0. The number of rotatable bonds is 29. The molecule has 0 unspecified atom stereocenters. The molecule has 44 heavy (non-hydrogen) atoms. The Bertz CT molecular complexity index is 767. The van der Waals surface area contributed by atoms with Crippen molar-refractivity contribution in [2.45, 2.75) is 149 Å². The minimum atomic E-state index is 0.0593. The number of unbranched alkanes of at least 4 members (excludes halogenated alkanes) is 11. The number of carbonyl (C=O) groups is 4. The van der Waals surface area contributed by atoms with Crippen LogP contribution in [-0.2, 0) is 19.2 Å². The molecule has 1 heterocycles. The molecule has 0 aromatic carbocycles. The van der Waals surface area contributed by atoms with E-state index < -0.39 is 0 Å². The molecule has 0 spiro atoms. The van der Waals surface area contributed by atoms with E-state index in [2.05, 4.69) is 22.9 Å². The summed E-state index contributed by atoms with van der Waals surface area (Å²) in [6.45, 7) is 12.0. The van der Waals surface area contributed by atoms with Crippen molar-refractivity contribution in [2.75, 3.05) is 52.5 Å². The summed E-state index contributed by atoms with van der Waals surface area (Å²) in [5.41, 5.74) is 0. The van der Waals surface area contributed by atoms with E-state index in [1.54, 1.807) is 0 Å². The maximum absolute atomic E-state index is 12.6. The van der Waals surface area contributed by atoms with Gasteiger partial charge in [-0.15, -0.1) is 0 Å². The highest BCUT2D eigenvalue weighted by Crippen LogP contribution is 2.19. The van der Waals surface area contributed by atoms with Crippen molar-refractivity contribution in [3.63, 3.8) is 0 Å². The standard InChI is InChI=1S/C35H67N5O4/c1-4-7-8-9-10-11-12-13-14-15-16-22-34(43)38-24-17-18-28-40(29-20-25-36-32(41)5-2,30-21-26-37-33(42)6-3)31-39-27-19-23-35(39)44/h4-31H2,1-3H3,(H2-,36,37,38,41,42,43)/p+1. The second-order valence-corrected chi connectivity index (χ2v) is 12.9. The molecule has 0 bridgehead atoms. The number of hydrogen-bond acceptors (Lipinski definition) is 4. The number of carbonyl (C=O) groups excluding carboxylic acids is 4. The Labute approximate surface area is 269 Å². The summed E-state index contributed by atoms with van der Waals surface area (Å²) in [4.78, 5) is 50.6. The fourth-order valence-electron chi connectivity index (χ4n) is 6.14. The van der Waals surface area contributed by atoms with E-state index in [-0.39, 0.29) is 23.6 Å². The summed E-state index contributed by atoms with van der Waals surface area (Å²) in [5.74, 6) is 0.497. The zero-order valence-electron chi connectivity index (χ0n) is 28.8. The van der Waals surface area contributed by atoms with Crippen molar-refractivity contribution in [2.24, 2.45) is 0 Å². The Morgan fingerprint density at radius 2 is 1.09 bits per heavy atom. The lowest BCUT2D eigenvalue weighted by Gasteiger charge is -2.41. The topological polar surface area (TPSA) is 108 Å². The highest BCUT2D eigenvalue weighted by atomic mass is 16.2. The quantitative estimate of drug-likeness (QED) is 0.0723. The highest BCUT2D eigenvalue weighted by Gasteiger charge is 2.33. The first-order valence-corrected chi connectivity index (χ1v) is 18.3. The first-order valence-electron chi connectivity index (χ1n) is 18.3. The van der Waals surface area contributed by atoms with Gasteiger partial charge in [-0.25, -0.2) is 0 Å². The van der Waals surface area contributed by atoms with Gasteiger partial charge in [0.05, 0.1) is 19.6 Å². The summed E-state index contributed by atoms with van der Waals surface area (Å²) < 4.78 is 0.766. The zero-order chi connectivity index (χ0) is 32.3. The molecule has 9 heteroatoms. The minimum Gasteiger partial charge on any atom is -0.356 e. The third-order valence-corrected chi connectivity index (χ3v) is 8.94. The van der Waals surface area contributed by atoms with E-state index in [0.29, 0.717) is 52.0 Å². The van der Waals surface area contributed by atoms with Crippen LogP contribution >= 0.6 is 0 Å². The molecule has 0 aromatic rings. The molecular formula is C35H68N5O4+. The van der Waals surface area contributed by atoms with E-state index in [1.807, 2.05) is 18.7 Å². The summed E-state index contributed by atoms with van der Waals surface area (Å²) in [6.07, 6.45) is 20.7. The average molecular weight is 623 g/mol. The molecule has 0 aliphatic carbocycles. The van der Waals surface area contributed by atoms with Crippen LogP contribution in [0.15, 0.2) is 0 Å². The van der Waals surface area contributed by atoms with Crippen molar-refractivity contribution in [1.82, 2.24) is 20.9 Å². The Morgan fingerprint density at radius 3 is 1.59 bits per heavy atom. The summed E-state index contributed by atoms with van der Waals surface area (Å²) in [7, 11) is 0. The number of quaternary nitrogens is 1. The Hall–Kier alpha value is -2.16. The van der Waals surface area contributed by atoms with Crippen LogP contribution in [0.4, 0.5) is 0 Å². The molecule has 1 aliphatic heterocycles. The molecule has 0 saturated carbocycles. The largest absolute Gasteiger partial charge is 0.356 e. The van der Waals surface area contributed by atoms with E-state index >= 15 is 0 Å². The van der Waals surface area contributed by atoms with Gasteiger partial charge in [-0.2, -0.15) is 0 Å². The molecule has 1 fully saturated rings. The molecule has 1 saturated heterocycles. The van der Waals surface area contributed by atoms with Crippen molar-refractivity contribution in [3.05, 3.63) is 0 Å². The first kappa shape index (κ1) is 39.9. The molecule has 0 atom stereocenters. The van der Waals surface area contributed by atoms with Gasteiger partial charge in [0, 0.05) is 64.7 Å². The average Bonchev–Trinajstić information content (AvgIpc) is 3.43. The van der Waals surface area contributed by atoms with Gasteiger partial charge in [0.2, 0.25) is 23.6 Å². The van der Waals surface area contributed by atoms with Crippen LogP contribution in [0.2, 0.25) is 0 Å². The number of nitrogens with zero attached hydrogens (tertiary/aromatic N) is 2. The molecule has 256 valence electrons. The smallest absolute Gasteiger partial charge is 0.226 e. The monoisotopic (exact) mass is 623 g/mol. The lowest BCUT2D eigenvalue weighted by molar-refractivity contribution is -0.936. The van der Waals surface area contributed by atoms with E-state index in [1.165, 1.54) is 57.8 Å². The predicted octanol–water partition coefficient (Wildman–Crippen LogP) is 5.81. The summed E-state index contributed by atoms with van der Waals surface area (Å²) in [5, 5.41) is 9.11. The lowest BCUT2D eigenvalue weighted by atomic mass is 10.1. The molecule has 0 aromatic heterocycles. The normalized spacial score (nSPS) is 13.3. The van der Waals surface area contributed by atoms with Gasteiger partial charge in [0.1, 0.15) is 0 Å². The van der Waals surface area contributed by atoms with Crippen LogP contribution < -0.4 is 16.0 Å². The van der Waals surface area contributed by atoms with Crippen molar-refractivity contribution >= 4 is 23.6 Å². The molecule has 3 N–H and O–H groups in total. The number of hydrogen-bond donors (Lipinski definition) is 3. The minimum absolute atomic E-state index is 0.0593. The maximum Gasteiger partial charge on any atom is 0.226 e. The van der Waals surface area contributed by atoms with Gasteiger partial charge in [-0.05, 0) is 25.7 Å². The fraction of sp³-hybridized carbons (Fsp3) is 0.886. The molecule has 4 amide bonds. The van der Waals surface area contributed by atoms with Gasteiger partial charge >= 0.3 is 0 Å². The SMILES string of the molecule is CCCCCCCCCCCCCC(=O)NCCCC[N+](CCCNC(=O)CC)(CCCNC(=O)CC)CN1CCCC1=O. The Kier molecular flexibility index (Phi) is 23.6. The lowest BCUT2D eigenvalue weighted by Crippen LogP contribution is -2.57. The Balaban J connectivity index is 2.47. The van der Waals surface area contributed by atoms with Crippen LogP contribution in [-0.4, -0.2) is 85.5 Å². The van der Waals surface area contributed by atoms with Crippen molar-refractivity contribution in [3.8, 4) is 0 Å². The molecular weight excluding hydrogens is 554 g/mol. The summed E-state index contributed by atoms with van der Waals surface area (Å²) >= 11 is 0. The van der Waals surface area contributed by atoms with E-state index in [4.69, 9.17) is 0 Å². The fourth-order valence-corrected chi connectivity index (χ4v) is 6.14. The van der Waals surface area contributed by atoms with Gasteiger partial charge in [0.25, 0.3) is 0 Å². The number of amides is 4. The van der Waals surface area contributed by atoms with Crippen LogP contribution in [0, 0.1) is 0 Å². The second-order valence-electron chi connectivity index (χ2n) is 12.9. The third-order valence-electron chi connectivity index (χ3n) is 8.94. The van der Waals surface area contributed by atoms with Crippen LogP contribution in [0.3, 0.4) is 0 Å². The van der Waals surface area contributed by atoms with Crippen LogP contribution in [0.1, 0.15) is 149 Å². The van der Waals surface area contributed by atoms with Crippen molar-refractivity contribution in [1.29, 1.82) is 0 Å². The molecule has 9 nitrogen and oxygen atoms in total. The van der Waals surface area contributed by atoms with Gasteiger partial charge in [0.15, 0.2) is 6.67 Å². The van der Waals surface area contributed by atoms with E-state index in [0.717, 1.165) is 75.6 Å². The molecule has 0 radical (unpaired) electrons. The van der Waals surface area contributed by atoms with Crippen molar-refractivity contribution < 1.29 is 23.7 Å². The molecule has 1 aliphatic rings. The van der Waals surface area contributed by atoms with Gasteiger partial charge < -0.3 is 20.4 Å². The highest BCUT2D eigenvalue weighted by molar-refractivity contribution is 5.78. The van der Waals surface area contributed by atoms with Crippen LogP contribution in [0.5, 0.6) is 0 Å². The second kappa shape index (κ2) is 26.1.